The monoisotopic (exact) mass is 283 g/mol. The average molecular weight is 283 g/mol. The Kier molecular flexibility index (Phi) is 6.45. The van der Waals surface area contributed by atoms with Crippen LogP contribution in [0.3, 0.4) is 0 Å². The van der Waals surface area contributed by atoms with Crippen LogP contribution >= 0.6 is 0 Å². The third-order valence-electron chi connectivity index (χ3n) is 3.75. The number of aliphatic hydroxyl groups excluding tert-OH is 1. The fourth-order valence-corrected chi connectivity index (χ4v) is 2.39. The first-order chi connectivity index (χ1) is 10.3. The molecule has 0 fully saturated rings. The van der Waals surface area contributed by atoms with Gasteiger partial charge in [-0.05, 0) is 30.0 Å². The summed E-state index contributed by atoms with van der Waals surface area (Å²) in [4.78, 5) is 2.46. The molecule has 2 nitrogen and oxygen atoms in total. The van der Waals surface area contributed by atoms with Gasteiger partial charge in [-0.25, -0.2) is 0 Å². The van der Waals surface area contributed by atoms with Crippen molar-refractivity contribution < 1.29 is 5.11 Å². The fraction of sp³-hybridized carbons (Fsp3) is 0.368. The first-order valence-electron chi connectivity index (χ1n) is 7.69. The molecule has 0 spiro atoms. The highest BCUT2D eigenvalue weighted by molar-refractivity contribution is 5.17. The molecular formula is C19H25NO. The standard InChI is InChI=1S/C19H25NO/c1-17(16-21)12-13-20(14-18-8-4-2-5-9-18)15-19-10-6-3-7-11-19/h2-11,17,21H,12-16H2,1H3. The number of hydrogen-bond acceptors (Lipinski definition) is 2. The Morgan fingerprint density at radius 3 is 1.76 bits per heavy atom. The Morgan fingerprint density at radius 1 is 0.857 bits per heavy atom. The van der Waals surface area contributed by atoms with Crippen molar-refractivity contribution in [2.45, 2.75) is 26.4 Å². The maximum absolute atomic E-state index is 9.21. The predicted molar refractivity (Wildman–Crippen MR) is 87.9 cm³/mol. The van der Waals surface area contributed by atoms with E-state index >= 15 is 0 Å². The van der Waals surface area contributed by atoms with Crippen LogP contribution < -0.4 is 0 Å². The second kappa shape index (κ2) is 8.60. The number of nitrogens with zero attached hydrogens (tertiary/aromatic N) is 1. The van der Waals surface area contributed by atoms with Gasteiger partial charge in [0, 0.05) is 19.7 Å². The molecule has 0 aliphatic carbocycles. The maximum Gasteiger partial charge on any atom is 0.0457 e. The highest BCUT2D eigenvalue weighted by Gasteiger charge is 2.09. The Hall–Kier alpha value is -1.64. The van der Waals surface area contributed by atoms with E-state index in [1.807, 2.05) is 0 Å². The molecule has 0 saturated heterocycles. The fourth-order valence-electron chi connectivity index (χ4n) is 2.39. The van der Waals surface area contributed by atoms with E-state index in [2.05, 4.69) is 72.5 Å². The van der Waals surface area contributed by atoms with Crippen LogP contribution in [0.1, 0.15) is 24.5 Å². The van der Waals surface area contributed by atoms with E-state index in [1.165, 1.54) is 11.1 Å². The van der Waals surface area contributed by atoms with Crippen molar-refractivity contribution in [2.75, 3.05) is 13.2 Å². The van der Waals surface area contributed by atoms with Crippen LogP contribution in [0.4, 0.5) is 0 Å². The van der Waals surface area contributed by atoms with Crippen LogP contribution in [-0.2, 0) is 13.1 Å². The molecule has 0 aliphatic rings. The van der Waals surface area contributed by atoms with Gasteiger partial charge in [-0.15, -0.1) is 0 Å². The normalized spacial score (nSPS) is 12.5. The van der Waals surface area contributed by atoms with Crippen molar-refractivity contribution in [1.29, 1.82) is 0 Å². The molecule has 112 valence electrons. The van der Waals surface area contributed by atoms with Crippen LogP contribution in [0.15, 0.2) is 60.7 Å². The Labute approximate surface area is 128 Å². The summed E-state index contributed by atoms with van der Waals surface area (Å²) >= 11 is 0. The topological polar surface area (TPSA) is 23.5 Å². The first-order valence-corrected chi connectivity index (χ1v) is 7.69. The molecular weight excluding hydrogens is 258 g/mol. The van der Waals surface area contributed by atoms with Crippen LogP contribution in [0.2, 0.25) is 0 Å². The largest absolute Gasteiger partial charge is 0.396 e. The van der Waals surface area contributed by atoms with Crippen molar-refractivity contribution in [2.24, 2.45) is 5.92 Å². The average Bonchev–Trinajstić information content (AvgIpc) is 2.54. The Balaban J connectivity index is 1.99. The minimum absolute atomic E-state index is 0.268. The Bertz CT molecular complexity index is 456. The van der Waals surface area contributed by atoms with E-state index in [1.54, 1.807) is 0 Å². The lowest BCUT2D eigenvalue weighted by Crippen LogP contribution is -2.25. The van der Waals surface area contributed by atoms with Crippen LogP contribution in [0, 0.1) is 5.92 Å². The molecule has 0 heterocycles. The van der Waals surface area contributed by atoms with Gasteiger partial charge in [-0.3, -0.25) is 4.90 Å². The summed E-state index contributed by atoms with van der Waals surface area (Å²) in [6.07, 6.45) is 1.02. The second-order valence-corrected chi connectivity index (χ2v) is 5.76. The van der Waals surface area contributed by atoms with Gasteiger partial charge >= 0.3 is 0 Å². The summed E-state index contributed by atoms with van der Waals surface area (Å²) in [6, 6.07) is 21.2. The quantitative estimate of drug-likeness (QED) is 0.798. The molecule has 0 aromatic heterocycles. The molecule has 1 atom stereocenters. The highest BCUT2D eigenvalue weighted by atomic mass is 16.3. The molecule has 2 rings (SSSR count). The SMILES string of the molecule is CC(CO)CCN(Cc1ccccc1)Cc1ccccc1. The minimum atomic E-state index is 0.268. The minimum Gasteiger partial charge on any atom is -0.396 e. The van der Waals surface area contributed by atoms with E-state index in [0.717, 1.165) is 26.1 Å². The van der Waals surface area contributed by atoms with E-state index in [-0.39, 0.29) is 6.61 Å². The number of aliphatic hydroxyl groups is 1. The van der Waals surface area contributed by atoms with Crippen LogP contribution in [0.5, 0.6) is 0 Å². The van der Waals surface area contributed by atoms with Gasteiger partial charge in [-0.1, -0.05) is 67.6 Å². The van der Waals surface area contributed by atoms with E-state index < -0.39 is 0 Å². The van der Waals surface area contributed by atoms with Crippen molar-refractivity contribution in [3.63, 3.8) is 0 Å². The molecule has 0 bridgehead atoms. The zero-order valence-corrected chi connectivity index (χ0v) is 12.8. The lowest BCUT2D eigenvalue weighted by Gasteiger charge is -2.24. The zero-order valence-electron chi connectivity index (χ0n) is 12.8. The Morgan fingerprint density at radius 2 is 1.33 bits per heavy atom. The molecule has 0 radical (unpaired) electrons. The molecule has 2 aromatic carbocycles. The smallest absolute Gasteiger partial charge is 0.0457 e. The van der Waals surface area contributed by atoms with Gasteiger partial charge in [0.2, 0.25) is 0 Å². The molecule has 0 saturated carbocycles. The molecule has 21 heavy (non-hydrogen) atoms. The van der Waals surface area contributed by atoms with Crippen molar-refractivity contribution >= 4 is 0 Å². The van der Waals surface area contributed by atoms with Gasteiger partial charge in [0.15, 0.2) is 0 Å². The van der Waals surface area contributed by atoms with E-state index in [0.29, 0.717) is 5.92 Å². The summed E-state index contributed by atoms with van der Waals surface area (Å²) < 4.78 is 0. The highest BCUT2D eigenvalue weighted by Crippen LogP contribution is 2.12. The van der Waals surface area contributed by atoms with Crippen molar-refractivity contribution in [1.82, 2.24) is 4.90 Å². The number of hydrogen-bond donors (Lipinski definition) is 1. The summed E-state index contributed by atoms with van der Waals surface area (Å²) in [6.45, 7) is 5.28. The van der Waals surface area contributed by atoms with E-state index in [4.69, 9.17) is 0 Å². The number of benzene rings is 2. The van der Waals surface area contributed by atoms with Crippen molar-refractivity contribution in [3.8, 4) is 0 Å². The van der Waals surface area contributed by atoms with Crippen LogP contribution in [0.25, 0.3) is 0 Å². The third kappa shape index (κ3) is 5.70. The summed E-state index contributed by atoms with van der Waals surface area (Å²) in [5.41, 5.74) is 2.68. The molecule has 0 amide bonds. The number of rotatable bonds is 8. The second-order valence-electron chi connectivity index (χ2n) is 5.76. The molecule has 2 heteroatoms. The third-order valence-corrected chi connectivity index (χ3v) is 3.75. The molecule has 1 unspecified atom stereocenters. The van der Waals surface area contributed by atoms with Crippen LogP contribution in [-0.4, -0.2) is 23.2 Å². The van der Waals surface area contributed by atoms with Gasteiger partial charge in [0.05, 0.1) is 0 Å². The maximum atomic E-state index is 9.21. The lowest BCUT2D eigenvalue weighted by atomic mass is 10.1. The molecule has 0 aliphatic heterocycles. The predicted octanol–water partition coefficient (Wildman–Crippen LogP) is 3.71. The first kappa shape index (κ1) is 15.7. The summed E-state index contributed by atoms with van der Waals surface area (Å²) in [7, 11) is 0. The lowest BCUT2D eigenvalue weighted by molar-refractivity contribution is 0.192. The van der Waals surface area contributed by atoms with Gasteiger partial charge in [-0.2, -0.15) is 0 Å². The summed E-state index contributed by atoms with van der Waals surface area (Å²) in [5.74, 6) is 0.360. The van der Waals surface area contributed by atoms with Gasteiger partial charge < -0.3 is 5.11 Å². The van der Waals surface area contributed by atoms with E-state index in [9.17, 15) is 5.11 Å². The molecule has 1 N–H and O–H groups in total. The van der Waals surface area contributed by atoms with Gasteiger partial charge in [0.1, 0.15) is 0 Å². The van der Waals surface area contributed by atoms with Gasteiger partial charge in [0.25, 0.3) is 0 Å². The molecule has 2 aromatic rings. The zero-order chi connectivity index (χ0) is 14.9. The summed E-state index contributed by atoms with van der Waals surface area (Å²) in [5, 5.41) is 9.21. The van der Waals surface area contributed by atoms with Crippen molar-refractivity contribution in [3.05, 3.63) is 71.8 Å².